The van der Waals surface area contributed by atoms with E-state index in [9.17, 15) is 35.5 Å². The highest BCUT2D eigenvalue weighted by Crippen LogP contribution is 2.42. The third kappa shape index (κ3) is 7.66. The van der Waals surface area contributed by atoms with Crippen LogP contribution in [0.15, 0.2) is 66.7 Å². The number of halogens is 7. The van der Waals surface area contributed by atoms with Gasteiger partial charge in [0.15, 0.2) is 0 Å². The van der Waals surface area contributed by atoms with Crippen LogP contribution in [0.1, 0.15) is 62.0 Å². The number of alkyl halides is 6. The molecule has 0 bridgehead atoms. The number of nitrogens with two attached hydrogens (primary N) is 1. The second-order valence-corrected chi connectivity index (χ2v) is 11.4. The number of rotatable bonds is 6. The van der Waals surface area contributed by atoms with E-state index in [-0.39, 0.29) is 30.8 Å². The number of hydrogen-bond donors (Lipinski definition) is 1. The number of nitrogens with zero attached hydrogens (tertiary/aromatic N) is 1. The Balaban J connectivity index is 0.000000892. The number of carbonyl (C=O) groups is 1. The van der Waals surface area contributed by atoms with E-state index in [1.54, 1.807) is 19.1 Å². The van der Waals surface area contributed by atoms with Crippen molar-refractivity contribution < 1.29 is 45.0 Å². The van der Waals surface area contributed by atoms with Crippen LogP contribution in [-0.2, 0) is 17.5 Å². The molecule has 1 aliphatic rings. The molecule has 1 saturated heterocycles. The van der Waals surface area contributed by atoms with Crippen molar-refractivity contribution >= 4 is 22.6 Å². The standard InChI is InChI=1S/C32H30F4N2O3.C2H3F3/c1-17(2)23-13-26(29(40-4)15-27(23)33)24-14-25-19(7-6-10-28(25)37)11-21(24)16-38-18(3)30(41-31(38)39)20-8-5-9-22(12-20)32(34,35)36;1-2(3,4)5/h5-15,17-18,30H,16,37H2,1-4H3;1H3. The summed E-state index contributed by atoms with van der Waals surface area (Å²) in [5.41, 5.74) is 8.86. The minimum Gasteiger partial charge on any atom is -0.496 e. The van der Waals surface area contributed by atoms with Crippen molar-refractivity contribution in [2.45, 2.75) is 64.7 Å². The van der Waals surface area contributed by atoms with Gasteiger partial charge in [0.2, 0.25) is 0 Å². The summed E-state index contributed by atoms with van der Waals surface area (Å²) in [6.45, 7) is 5.80. The monoisotopic (exact) mass is 650 g/mol. The first-order valence-corrected chi connectivity index (χ1v) is 14.3. The van der Waals surface area contributed by atoms with E-state index in [0.29, 0.717) is 28.1 Å². The number of ether oxygens (including phenoxy) is 2. The van der Waals surface area contributed by atoms with Gasteiger partial charge in [-0.1, -0.05) is 38.1 Å². The largest absolute Gasteiger partial charge is 0.496 e. The fraction of sp³-hybridized carbons (Fsp3) is 0.324. The molecule has 0 spiro atoms. The molecule has 5 nitrogen and oxygen atoms in total. The van der Waals surface area contributed by atoms with Gasteiger partial charge in [-0.25, -0.2) is 9.18 Å². The molecule has 5 rings (SSSR count). The van der Waals surface area contributed by atoms with Gasteiger partial charge < -0.3 is 15.2 Å². The maximum Gasteiger partial charge on any atom is 0.416 e. The fourth-order valence-electron chi connectivity index (χ4n) is 5.41. The van der Waals surface area contributed by atoms with E-state index < -0.39 is 36.2 Å². The highest BCUT2D eigenvalue weighted by Gasteiger charge is 2.41. The van der Waals surface area contributed by atoms with Crippen molar-refractivity contribution in [3.63, 3.8) is 0 Å². The Kier molecular flexibility index (Phi) is 9.79. The minimum absolute atomic E-state index is 0.0904. The first kappa shape index (κ1) is 34.4. The fourth-order valence-corrected chi connectivity index (χ4v) is 5.41. The van der Waals surface area contributed by atoms with Gasteiger partial charge >= 0.3 is 18.4 Å². The Labute approximate surface area is 261 Å². The Morgan fingerprint density at radius 2 is 1.61 bits per heavy atom. The van der Waals surface area contributed by atoms with Crippen molar-refractivity contribution in [2.75, 3.05) is 12.8 Å². The first-order chi connectivity index (χ1) is 21.4. The zero-order valence-electron chi connectivity index (χ0n) is 25.7. The zero-order valence-corrected chi connectivity index (χ0v) is 25.7. The molecule has 1 aliphatic heterocycles. The normalized spacial score (nSPS) is 16.8. The maximum absolute atomic E-state index is 14.9. The Hall–Kier alpha value is -4.48. The maximum atomic E-state index is 14.9. The van der Waals surface area contributed by atoms with Gasteiger partial charge in [-0.3, -0.25) is 4.90 Å². The molecule has 0 aromatic heterocycles. The van der Waals surface area contributed by atoms with Gasteiger partial charge in [-0.2, -0.15) is 26.3 Å². The molecule has 1 fully saturated rings. The third-order valence-electron chi connectivity index (χ3n) is 7.64. The van der Waals surface area contributed by atoms with Crippen LogP contribution in [0.2, 0.25) is 0 Å². The Bertz CT molecular complexity index is 1730. The van der Waals surface area contributed by atoms with Crippen LogP contribution < -0.4 is 10.5 Å². The van der Waals surface area contributed by atoms with Gasteiger partial charge in [0, 0.05) is 29.6 Å². The van der Waals surface area contributed by atoms with Gasteiger partial charge in [0.1, 0.15) is 17.7 Å². The lowest BCUT2D eigenvalue weighted by atomic mass is 9.90. The lowest BCUT2D eigenvalue weighted by Gasteiger charge is -2.24. The summed E-state index contributed by atoms with van der Waals surface area (Å²) in [7, 11) is 1.46. The molecule has 1 heterocycles. The summed E-state index contributed by atoms with van der Waals surface area (Å²) in [5, 5.41) is 1.62. The molecule has 4 aromatic carbocycles. The number of methoxy groups -OCH3 is 1. The van der Waals surface area contributed by atoms with E-state index >= 15 is 0 Å². The predicted octanol–water partition coefficient (Wildman–Crippen LogP) is 10.0. The summed E-state index contributed by atoms with van der Waals surface area (Å²) in [6.07, 6.45) is -10.1. The highest BCUT2D eigenvalue weighted by molar-refractivity contribution is 5.97. The number of nitrogen functional groups attached to an aromatic ring is 1. The van der Waals surface area contributed by atoms with Crippen LogP contribution in [0.5, 0.6) is 5.75 Å². The summed E-state index contributed by atoms with van der Waals surface area (Å²) in [5.74, 6) is -0.167. The molecule has 0 aliphatic carbocycles. The van der Waals surface area contributed by atoms with E-state index in [2.05, 4.69) is 0 Å². The Morgan fingerprint density at radius 1 is 0.957 bits per heavy atom. The van der Waals surface area contributed by atoms with Crippen LogP contribution in [0, 0.1) is 5.82 Å². The number of hydrogen-bond acceptors (Lipinski definition) is 4. The molecule has 2 unspecified atom stereocenters. The summed E-state index contributed by atoms with van der Waals surface area (Å²) >= 11 is 0. The van der Waals surface area contributed by atoms with E-state index in [1.807, 2.05) is 38.1 Å². The van der Waals surface area contributed by atoms with E-state index in [1.165, 1.54) is 30.2 Å². The molecule has 2 atom stereocenters. The molecule has 46 heavy (non-hydrogen) atoms. The highest BCUT2D eigenvalue weighted by atomic mass is 19.4. The van der Waals surface area contributed by atoms with Crippen LogP contribution in [-0.4, -0.2) is 30.3 Å². The molecular formula is C34H33F7N2O3. The first-order valence-electron chi connectivity index (χ1n) is 14.3. The molecule has 1 amide bonds. The van der Waals surface area contributed by atoms with Crippen molar-refractivity contribution in [1.29, 1.82) is 0 Å². The molecule has 2 N–H and O–H groups in total. The van der Waals surface area contributed by atoms with Crippen molar-refractivity contribution in [2.24, 2.45) is 0 Å². The molecule has 4 aromatic rings. The van der Waals surface area contributed by atoms with Crippen molar-refractivity contribution in [1.82, 2.24) is 4.90 Å². The van der Waals surface area contributed by atoms with Crippen LogP contribution in [0.25, 0.3) is 21.9 Å². The summed E-state index contributed by atoms with van der Waals surface area (Å²) in [6, 6.07) is 16.7. The lowest BCUT2D eigenvalue weighted by molar-refractivity contribution is -0.137. The summed E-state index contributed by atoms with van der Waals surface area (Å²) < 4.78 is 97.2. The molecular weight excluding hydrogens is 617 g/mol. The lowest BCUT2D eigenvalue weighted by Crippen LogP contribution is -2.31. The molecule has 0 saturated carbocycles. The summed E-state index contributed by atoms with van der Waals surface area (Å²) in [4.78, 5) is 14.6. The number of carbonyl (C=O) groups excluding carboxylic acids is 1. The average molecular weight is 651 g/mol. The second-order valence-electron chi connectivity index (χ2n) is 11.4. The zero-order chi connectivity index (χ0) is 34.1. The van der Waals surface area contributed by atoms with Gasteiger partial charge in [0.25, 0.3) is 0 Å². The molecule has 12 heteroatoms. The van der Waals surface area contributed by atoms with Crippen LogP contribution in [0.4, 0.5) is 41.2 Å². The number of amides is 1. The second kappa shape index (κ2) is 13.1. The SMILES string of the molecule is CC(F)(F)F.COc1cc(F)c(C(C)C)cc1-c1cc2c(N)cccc2cc1CN1C(=O)OC(c2cccc(C(F)(F)F)c2)C1C. The molecule has 246 valence electrons. The van der Waals surface area contributed by atoms with Crippen molar-refractivity contribution in [3.8, 4) is 16.9 Å². The average Bonchev–Trinajstić information content (AvgIpc) is 3.24. The van der Waals surface area contributed by atoms with Gasteiger partial charge in [0.05, 0.1) is 25.3 Å². The van der Waals surface area contributed by atoms with Crippen molar-refractivity contribution in [3.05, 3.63) is 94.8 Å². The smallest absolute Gasteiger partial charge is 0.416 e. The predicted molar refractivity (Wildman–Crippen MR) is 162 cm³/mol. The number of cyclic esters (lactones) is 1. The van der Waals surface area contributed by atoms with Gasteiger partial charge in [-0.05, 0) is 76.9 Å². The number of fused-ring (bicyclic) bond motifs is 1. The van der Waals surface area contributed by atoms with E-state index in [4.69, 9.17) is 15.2 Å². The third-order valence-corrected chi connectivity index (χ3v) is 7.64. The number of benzene rings is 4. The Morgan fingerprint density at radius 3 is 2.22 bits per heavy atom. The molecule has 0 radical (unpaired) electrons. The minimum atomic E-state index is -4.52. The van der Waals surface area contributed by atoms with Crippen LogP contribution in [0.3, 0.4) is 0 Å². The van der Waals surface area contributed by atoms with Gasteiger partial charge in [-0.15, -0.1) is 0 Å². The van der Waals surface area contributed by atoms with Crippen LogP contribution >= 0.6 is 0 Å². The van der Waals surface area contributed by atoms with E-state index in [0.717, 1.165) is 28.5 Å². The quantitative estimate of drug-likeness (QED) is 0.167. The number of anilines is 1. The topological polar surface area (TPSA) is 64.8 Å².